The Morgan fingerprint density at radius 2 is 1.94 bits per heavy atom. The molecule has 9 heteroatoms. The standard InChI is InChI=1S/C27H26FN3O5/c1-27(2,3)36-26(34)19(15-8-9-15)14-30-25(33)23-24(32)17-11-10-16(12-18(17)21(13-29)31-23)35-22-7-5-4-6-20(22)28/h4-7,10-12,15,19,32H,8-9,14H2,1-3H3,(H,30,33). The molecule has 0 saturated heterocycles. The van der Waals surface area contributed by atoms with Crippen LogP contribution in [0, 0.1) is 29.0 Å². The zero-order valence-corrected chi connectivity index (χ0v) is 20.2. The predicted octanol–water partition coefficient (Wildman–Crippen LogP) is 4.84. The van der Waals surface area contributed by atoms with E-state index in [1.54, 1.807) is 26.8 Å². The maximum Gasteiger partial charge on any atom is 0.311 e. The first kappa shape index (κ1) is 24.9. The lowest BCUT2D eigenvalue weighted by atomic mass is 10.0. The number of nitrogens with one attached hydrogen (secondary N) is 1. The molecule has 1 atom stereocenters. The number of pyridine rings is 1. The Kier molecular flexibility index (Phi) is 6.80. The molecule has 0 spiro atoms. The average molecular weight is 492 g/mol. The summed E-state index contributed by atoms with van der Waals surface area (Å²) in [4.78, 5) is 29.6. The molecule has 0 radical (unpaired) electrons. The molecular formula is C27H26FN3O5. The van der Waals surface area contributed by atoms with Crippen molar-refractivity contribution in [1.82, 2.24) is 10.3 Å². The smallest absolute Gasteiger partial charge is 0.311 e. The molecule has 2 N–H and O–H groups in total. The fraction of sp³-hybridized carbons (Fsp3) is 0.333. The van der Waals surface area contributed by atoms with E-state index in [-0.39, 0.29) is 52.1 Å². The number of esters is 1. The summed E-state index contributed by atoms with van der Waals surface area (Å²) in [5, 5.41) is 23.5. The molecule has 0 aliphatic heterocycles. The van der Waals surface area contributed by atoms with Gasteiger partial charge in [-0.05, 0) is 69.9 Å². The van der Waals surface area contributed by atoms with E-state index < -0.39 is 29.0 Å². The van der Waals surface area contributed by atoms with Crippen molar-refractivity contribution < 1.29 is 28.6 Å². The zero-order chi connectivity index (χ0) is 26.0. The van der Waals surface area contributed by atoms with Crippen LogP contribution >= 0.6 is 0 Å². The second kappa shape index (κ2) is 9.82. The molecule has 4 rings (SSSR count). The summed E-state index contributed by atoms with van der Waals surface area (Å²) in [6.07, 6.45) is 1.74. The number of rotatable bonds is 7. The van der Waals surface area contributed by atoms with Crippen LogP contribution < -0.4 is 10.1 Å². The molecule has 3 aromatic rings. The molecule has 186 valence electrons. The molecule has 1 aromatic heterocycles. The number of aromatic nitrogens is 1. The number of ether oxygens (including phenoxy) is 2. The summed E-state index contributed by atoms with van der Waals surface area (Å²) in [5.74, 6) is -2.23. The van der Waals surface area contributed by atoms with Crippen LogP contribution in [0.15, 0.2) is 42.5 Å². The van der Waals surface area contributed by atoms with Crippen LogP contribution in [-0.4, -0.2) is 34.1 Å². The number of amides is 1. The quantitative estimate of drug-likeness (QED) is 0.454. The highest BCUT2D eigenvalue weighted by Gasteiger charge is 2.39. The number of nitrogens with zero attached hydrogens (tertiary/aromatic N) is 2. The van der Waals surface area contributed by atoms with Crippen LogP contribution in [-0.2, 0) is 9.53 Å². The number of carbonyl (C=O) groups is 2. The second-order valence-corrected chi connectivity index (χ2v) is 9.70. The molecule has 1 saturated carbocycles. The lowest BCUT2D eigenvalue weighted by molar-refractivity contribution is -0.160. The van der Waals surface area contributed by atoms with Crippen molar-refractivity contribution in [2.75, 3.05) is 6.54 Å². The Bertz CT molecular complexity index is 1370. The van der Waals surface area contributed by atoms with E-state index in [1.807, 2.05) is 6.07 Å². The summed E-state index contributed by atoms with van der Waals surface area (Å²) >= 11 is 0. The number of benzene rings is 2. The van der Waals surface area contributed by atoms with Gasteiger partial charge in [-0.3, -0.25) is 9.59 Å². The first-order valence-corrected chi connectivity index (χ1v) is 11.6. The highest BCUT2D eigenvalue weighted by atomic mass is 19.1. The van der Waals surface area contributed by atoms with E-state index in [0.29, 0.717) is 0 Å². The number of halogens is 1. The van der Waals surface area contributed by atoms with Crippen LogP contribution in [0.1, 0.15) is 49.8 Å². The van der Waals surface area contributed by atoms with Crippen molar-refractivity contribution in [2.45, 2.75) is 39.2 Å². The second-order valence-electron chi connectivity index (χ2n) is 9.70. The van der Waals surface area contributed by atoms with E-state index >= 15 is 0 Å². The number of aromatic hydroxyl groups is 1. The first-order valence-electron chi connectivity index (χ1n) is 11.6. The van der Waals surface area contributed by atoms with Crippen LogP contribution in [0.25, 0.3) is 10.8 Å². The Hall–Kier alpha value is -4.19. The Balaban J connectivity index is 1.57. The molecule has 2 aromatic carbocycles. The molecule has 8 nitrogen and oxygen atoms in total. The van der Waals surface area contributed by atoms with Crippen molar-refractivity contribution in [3.63, 3.8) is 0 Å². The predicted molar refractivity (Wildman–Crippen MR) is 129 cm³/mol. The van der Waals surface area contributed by atoms with E-state index in [0.717, 1.165) is 12.8 Å². The molecule has 36 heavy (non-hydrogen) atoms. The van der Waals surface area contributed by atoms with Gasteiger partial charge >= 0.3 is 5.97 Å². The normalized spacial score (nSPS) is 14.1. The number of nitriles is 1. The highest BCUT2D eigenvalue weighted by molar-refractivity contribution is 6.03. The molecule has 1 heterocycles. The molecule has 1 fully saturated rings. The topological polar surface area (TPSA) is 122 Å². The SMILES string of the molecule is CC(C)(C)OC(=O)C(CNC(=O)c1nc(C#N)c2cc(Oc3ccccc3F)ccc2c1O)C1CC1. The van der Waals surface area contributed by atoms with E-state index in [4.69, 9.17) is 9.47 Å². The summed E-state index contributed by atoms with van der Waals surface area (Å²) in [5.41, 5.74) is -1.10. The van der Waals surface area contributed by atoms with Gasteiger partial charge in [0.25, 0.3) is 5.91 Å². The van der Waals surface area contributed by atoms with Gasteiger partial charge in [0.1, 0.15) is 23.1 Å². The van der Waals surface area contributed by atoms with E-state index in [9.17, 15) is 24.3 Å². The maximum absolute atomic E-state index is 14.0. The van der Waals surface area contributed by atoms with Crippen molar-refractivity contribution in [1.29, 1.82) is 5.26 Å². The van der Waals surface area contributed by atoms with Crippen LogP contribution in [0.3, 0.4) is 0 Å². The van der Waals surface area contributed by atoms with E-state index in [1.165, 1.54) is 36.4 Å². The lowest BCUT2D eigenvalue weighted by Crippen LogP contribution is -2.38. The monoisotopic (exact) mass is 491 g/mol. The molecular weight excluding hydrogens is 465 g/mol. The summed E-state index contributed by atoms with van der Waals surface area (Å²) in [7, 11) is 0. The molecule has 1 amide bonds. The van der Waals surface area contributed by atoms with Gasteiger partial charge in [-0.15, -0.1) is 0 Å². The maximum atomic E-state index is 14.0. The fourth-order valence-electron chi connectivity index (χ4n) is 3.84. The minimum Gasteiger partial charge on any atom is -0.505 e. The van der Waals surface area contributed by atoms with Crippen molar-refractivity contribution in [3.05, 3.63) is 59.7 Å². The van der Waals surface area contributed by atoms with Gasteiger partial charge in [0.15, 0.2) is 23.0 Å². The minimum atomic E-state index is -0.716. The van der Waals surface area contributed by atoms with Crippen LogP contribution in [0.5, 0.6) is 17.2 Å². The van der Waals surface area contributed by atoms with Crippen LogP contribution in [0.2, 0.25) is 0 Å². The number of carbonyl (C=O) groups excluding carboxylic acids is 2. The van der Waals surface area contributed by atoms with Crippen molar-refractivity contribution >= 4 is 22.6 Å². The number of hydrogen-bond donors (Lipinski definition) is 2. The molecule has 1 aliphatic carbocycles. The molecule has 1 unspecified atom stereocenters. The Morgan fingerprint density at radius 3 is 2.58 bits per heavy atom. The molecule has 0 bridgehead atoms. The lowest BCUT2D eigenvalue weighted by Gasteiger charge is -2.24. The largest absolute Gasteiger partial charge is 0.505 e. The average Bonchev–Trinajstić information content (AvgIpc) is 3.65. The Labute approximate surface area is 207 Å². The number of para-hydroxylation sites is 1. The third-order valence-electron chi connectivity index (χ3n) is 5.72. The van der Waals surface area contributed by atoms with E-state index in [2.05, 4.69) is 10.3 Å². The fourth-order valence-corrected chi connectivity index (χ4v) is 3.84. The van der Waals surface area contributed by atoms with Gasteiger partial charge in [-0.1, -0.05) is 12.1 Å². The third kappa shape index (κ3) is 5.54. The summed E-state index contributed by atoms with van der Waals surface area (Å²) in [6, 6.07) is 12.2. The summed E-state index contributed by atoms with van der Waals surface area (Å²) < 4.78 is 25.0. The van der Waals surface area contributed by atoms with Gasteiger partial charge in [-0.25, -0.2) is 9.37 Å². The zero-order valence-electron chi connectivity index (χ0n) is 20.2. The van der Waals surface area contributed by atoms with Gasteiger partial charge in [-0.2, -0.15) is 5.26 Å². The Morgan fingerprint density at radius 1 is 1.22 bits per heavy atom. The van der Waals surface area contributed by atoms with Crippen molar-refractivity contribution in [2.24, 2.45) is 11.8 Å². The number of hydrogen-bond acceptors (Lipinski definition) is 7. The van der Waals surface area contributed by atoms with Gasteiger partial charge in [0.2, 0.25) is 0 Å². The number of fused-ring (bicyclic) bond motifs is 1. The van der Waals surface area contributed by atoms with Gasteiger partial charge < -0.3 is 19.9 Å². The first-order chi connectivity index (χ1) is 17.1. The van der Waals surface area contributed by atoms with Gasteiger partial charge in [0, 0.05) is 17.3 Å². The minimum absolute atomic E-state index is 0.00117. The molecule has 1 aliphatic rings. The highest BCUT2D eigenvalue weighted by Crippen LogP contribution is 2.38. The summed E-state index contributed by atoms with van der Waals surface area (Å²) in [6.45, 7) is 5.36. The van der Waals surface area contributed by atoms with Gasteiger partial charge in [0.05, 0.1) is 5.92 Å². The van der Waals surface area contributed by atoms with Crippen molar-refractivity contribution in [3.8, 4) is 23.3 Å². The third-order valence-corrected chi connectivity index (χ3v) is 5.72. The van der Waals surface area contributed by atoms with Crippen LogP contribution in [0.4, 0.5) is 4.39 Å².